The van der Waals surface area contributed by atoms with E-state index in [-0.39, 0.29) is 0 Å². The van der Waals surface area contributed by atoms with Crippen molar-refractivity contribution in [1.29, 1.82) is 0 Å². The minimum atomic E-state index is 0.605. The Hall–Kier alpha value is -2.82. The van der Waals surface area contributed by atoms with Crippen molar-refractivity contribution in [3.8, 4) is 17.0 Å². The first-order valence-corrected chi connectivity index (χ1v) is 6.55. The van der Waals surface area contributed by atoms with Crippen LogP contribution in [0.15, 0.2) is 36.7 Å². The van der Waals surface area contributed by atoms with Crippen molar-refractivity contribution in [2.75, 3.05) is 18.6 Å². The van der Waals surface area contributed by atoms with Gasteiger partial charge in [-0.2, -0.15) is 0 Å². The fraction of sp³-hybridized carbons (Fsp3) is 0.125. The van der Waals surface area contributed by atoms with Gasteiger partial charge in [-0.3, -0.25) is 0 Å². The van der Waals surface area contributed by atoms with Crippen molar-refractivity contribution in [2.45, 2.75) is 6.92 Å². The number of benzene rings is 2. The van der Waals surface area contributed by atoms with Crippen LogP contribution in [0.5, 0.6) is 5.75 Å². The molecule has 5 nitrogen and oxygen atoms in total. The van der Waals surface area contributed by atoms with Gasteiger partial charge in [0.25, 0.3) is 0 Å². The summed E-state index contributed by atoms with van der Waals surface area (Å²) in [6.07, 6.45) is 1.51. The number of nitrogen functional groups attached to an aromatic ring is 2. The van der Waals surface area contributed by atoms with Gasteiger partial charge < -0.3 is 16.2 Å². The second-order valence-electron chi connectivity index (χ2n) is 4.87. The quantitative estimate of drug-likeness (QED) is 0.705. The SMILES string of the molecule is COc1ccc2c(-c3c(N)ccc(C)c3N)ncnc2c1. The van der Waals surface area contributed by atoms with Crippen LogP contribution < -0.4 is 16.2 Å². The monoisotopic (exact) mass is 280 g/mol. The molecule has 0 aliphatic rings. The van der Waals surface area contributed by atoms with E-state index in [1.807, 2.05) is 37.3 Å². The lowest BCUT2D eigenvalue weighted by Gasteiger charge is -2.13. The van der Waals surface area contributed by atoms with Crippen molar-refractivity contribution in [3.05, 3.63) is 42.2 Å². The Labute approximate surface area is 122 Å². The first-order valence-electron chi connectivity index (χ1n) is 6.55. The maximum atomic E-state index is 6.20. The molecule has 1 aromatic heterocycles. The zero-order valence-corrected chi connectivity index (χ0v) is 11.9. The summed E-state index contributed by atoms with van der Waals surface area (Å²) in [6, 6.07) is 9.41. The number of ether oxygens (including phenoxy) is 1. The van der Waals surface area contributed by atoms with Crippen molar-refractivity contribution < 1.29 is 4.74 Å². The molecule has 21 heavy (non-hydrogen) atoms. The van der Waals surface area contributed by atoms with E-state index in [2.05, 4.69) is 9.97 Å². The van der Waals surface area contributed by atoms with Gasteiger partial charge in [-0.05, 0) is 30.7 Å². The van der Waals surface area contributed by atoms with Crippen LogP contribution in [0.1, 0.15) is 5.56 Å². The molecule has 0 spiro atoms. The number of hydrogen-bond acceptors (Lipinski definition) is 5. The van der Waals surface area contributed by atoms with Gasteiger partial charge in [0, 0.05) is 28.4 Å². The van der Waals surface area contributed by atoms with Crippen LogP contribution in [-0.4, -0.2) is 17.1 Å². The van der Waals surface area contributed by atoms with E-state index in [0.717, 1.165) is 33.5 Å². The molecule has 0 bridgehead atoms. The van der Waals surface area contributed by atoms with E-state index in [9.17, 15) is 0 Å². The molecule has 1 heterocycles. The molecule has 0 aliphatic carbocycles. The number of aryl methyl sites for hydroxylation is 1. The molecule has 0 aliphatic heterocycles. The molecule has 3 rings (SSSR count). The number of aromatic nitrogens is 2. The third kappa shape index (κ3) is 2.12. The predicted octanol–water partition coefficient (Wildman–Crippen LogP) is 2.78. The molecular weight excluding hydrogens is 264 g/mol. The molecule has 2 aromatic carbocycles. The Morgan fingerprint density at radius 3 is 2.62 bits per heavy atom. The summed E-state index contributed by atoms with van der Waals surface area (Å²) in [7, 11) is 1.62. The Morgan fingerprint density at radius 2 is 1.86 bits per heavy atom. The number of fused-ring (bicyclic) bond motifs is 1. The van der Waals surface area contributed by atoms with Crippen molar-refractivity contribution in [3.63, 3.8) is 0 Å². The Kier molecular flexibility index (Phi) is 3.10. The Morgan fingerprint density at radius 1 is 1.05 bits per heavy atom. The number of methoxy groups -OCH3 is 1. The molecule has 0 saturated carbocycles. The second kappa shape index (κ2) is 4.94. The summed E-state index contributed by atoms with van der Waals surface area (Å²) in [5, 5.41) is 0.891. The van der Waals surface area contributed by atoms with Crippen LogP contribution in [-0.2, 0) is 0 Å². The van der Waals surface area contributed by atoms with Gasteiger partial charge in [0.05, 0.1) is 18.3 Å². The molecule has 5 heteroatoms. The number of rotatable bonds is 2. The van der Waals surface area contributed by atoms with E-state index >= 15 is 0 Å². The fourth-order valence-electron chi connectivity index (χ4n) is 2.37. The normalized spacial score (nSPS) is 10.8. The van der Waals surface area contributed by atoms with Gasteiger partial charge >= 0.3 is 0 Å². The van der Waals surface area contributed by atoms with Crippen molar-refractivity contribution in [2.24, 2.45) is 0 Å². The zero-order chi connectivity index (χ0) is 15.0. The summed E-state index contributed by atoms with van der Waals surface area (Å²) in [6.45, 7) is 1.95. The van der Waals surface area contributed by atoms with E-state index in [0.29, 0.717) is 11.4 Å². The van der Waals surface area contributed by atoms with E-state index in [1.165, 1.54) is 6.33 Å². The third-order valence-electron chi connectivity index (χ3n) is 3.58. The predicted molar refractivity (Wildman–Crippen MR) is 85.1 cm³/mol. The first kappa shape index (κ1) is 13.2. The number of anilines is 2. The number of nitrogens with two attached hydrogens (primary N) is 2. The van der Waals surface area contributed by atoms with E-state index in [4.69, 9.17) is 16.2 Å². The fourth-order valence-corrected chi connectivity index (χ4v) is 2.37. The van der Waals surface area contributed by atoms with Crippen LogP contribution in [0, 0.1) is 6.92 Å². The zero-order valence-electron chi connectivity index (χ0n) is 11.9. The summed E-state index contributed by atoms with van der Waals surface area (Å²) < 4.78 is 5.22. The van der Waals surface area contributed by atoms with Crippen molar-refractivity contribution >= 4 is 22.3 Å². The van der Waals surface area contributed by atoms with E-state index in [1.54, 1.807) is 7.11 Å². The molecule has 3 aromatic rings. The van der Waals surface area contributed by atoms with Crippen LogP contribution in [0.3, 0.4) is 0 Å². The van der Waals surface area contributed by atoms with Gasteiger partial charge in [-0.25, -0.2) is 9.97 Å². The molecule has 4 N–H and O–H groups in total. The van der Waals surface area contributed by atoms with Crippen LogP contribution in [0.2, 0.25) is 0 Å². The summed E-state index contributed by atoms with van der Waals surface area (Å²) in [4.78, 5) is 8.67. The highest BCUT2D eigenvalue weighted by molar-refractivity contribution is 6.00. The standard InChI is InChI=1S/C16H16N4O/c1-9-3-6-12(17)14(15(9)18)16-11-5-4-10(21-2)7-13(11)19-8-20-16/h3-8H,17-18H2,1-2H3. The largest absolute Gasteiger partial charge is 0.497 e. The van der Waals surface area contributed by atoms with Gasteiger partial charge in [-0.15, -0.1) is 0 Å². The Bertz CT molecular complexity index is 830. The van der Waals surface area contributed by atoms with Gasteiger partial charge in [0.15, 0.2) is 0 Å². The molecule has 0 radical (unpaired) electrons. The lowest BCUT2D eigenvalue weighted by atomic mass is 10.00. The highest BCUT2D eigenvalue weighted by Gasteiger charge is 2.14. The molecule has 0 amide bonds. The maximum Gasteiger partial charge on any atom is 0.121 e. The molecule has 0 atom stereocenters. The van der Waals surface area contributed by atoms with Crippen LogP contribution >= 0.6 is 0 Å². The number of nitrogens with zero attached hydrogens (tertiary/aromatic N) is 2. The topological polar surface area (TPSA) is 87.0 Å². The van der Waals surface area contributed by atoms with Crippen LogP contribution in [0.25, 0.3) is 22.2 Å². The Balaban J connectivity index is 2.34. The maximum absolute atomic E-state index is 6.20. The lowest BCUT2D eigenvalue weighted by Crippen LogP contribution is -2.01. The average Bonchev–Trinajstić information content (AvgIpc) is 2.51. The highest BCUT2D eigenvalue weighted by Crippen LogP contribution is 2.36. The molecule has 0 unspecified atom stereocenters. The van der Waals surface area contributed by atoms with Gasteiger partial charge in [0.1, 0.15) is 12.1 Å². The second-order valence-corrected chi connectivity index (χ2v) is 4.87. The average molecular weight is 280 g/mol. The van der Waals surface area contributed by atoms with Crippen LogP contribution in [0.4, 0.5) is 11.4 Å². The minimum absolute atomic E-state index is 0.605. The minimum Gasteiger partial charge on any atom is -0.497 e. The third-order valence-corrected chi connectivity index (χ3v) is 3.58. The highest BCUT2D eigenvalue weighted by atomic mass is 16.5. The number of hydrogen-bond donors (Lipinski definition) is 2. The molecular formula is C16H16N4O. The van der Waals surface area contributed by atoms with E-state index < -0.39 is 0 Å². The van der Waals surface area contributed by atoms with Gasteiger partial charge in [0.2, 0.25) is 0 Å². The van der Waals surface area contributed by atoms with Gasteiger partial charge in [-0.1, -0.05) is 6.07 Å². The molecule has 0 fully saturated rings. The molecule has 0 saturated heterocycles. The van der Waals surface area contributed by atoms with Crippen molar-refractivity contribution in [1.82, 2.24) is 9.97 Å². The summed E-state index contributed by atoms with van der Waals surface area (Å²) in [5.41, 5.74) is 16.8. The lowest BCUT2D eigenvalue weighted by molar-refractivity contribution is 0.415. The summed E-state index contributed by atoms with van der Waals surface area (Å²) >= 11 is 0. The molecule has 106 valence electrons. The summed E-state index contributed by atoms with van der Waals surface area (Å²) in [5.74, 6) is 0.748. The first-order chi connectivity index (χ1) is 10.1. The smallest absolute Gasteiger partial charge is 0.121 e.